The minimum Gasteiger partial charge on any atom is -0.337 e. The topological polar surface area (TPSA) is 69.7 Å². The molecule has 2 aromatic carbocycles. The minimum atomic E-state index is -3.69. The molecule has 1 heterocycles. The van der Waals surface area contributed by atoms with E-state index in [4.69, 9.17) is 11.6 Å². The second-order valence-electron chi connectivity index (χ2n) is 6.38. The summed E-state index contributed by atoms with van der Waals surface area (Å²) in [6.07, 6.45) is 0. The van der Waals surface area contributed by atoms with Crippen molar-refractivity contribution < 1.29 is 17.6 Å². The number of nitrogens with zero attached hydrogens (tertiary/aromatic N) is 2. The summed E-state index contributed by atoms with van der Waals surface area (Å²) < 4.78 is 39.6. The summed E-state index contributed by atoms with van der Waals surface area (Å²) in [4.78, 5) is 15.0. The van der Waals surface area contributed by atoms with E-state index >= 15 is 0 Å². The molecule has 1 aliphatic rings. The van der Waals surface area contributed by atoms with Crippen molar-refractivity contribution >= 4 is 39.4 Å². The first-order valence-electron chi connectivity index (χ1n) is 9.03. The average molecular weight is 458 g/mol. The number of sulfonamides is 1. The molecule has 0 aromatic heterocycles. The van der Waals surface area contributed by atoms with Gasteiger partial charge in [-0.1, -0.05) is 11.6 Å². The van der Waals surface area contributed by atoms with Crippen LogP contribution in [0.2, 0.25) is 5.02 Å². The Bertz CT molecular complexity index is 932. The SMILES string of the molecule is O=C(NCCSc1ccc(Cl)cc1)N1CCN(S(=O)(=O)c2ccc(F)cc2)CC1. The van der Waals surface area contributed by atoms with E-state index in [1.807, 2.05) is 24.3 Å². The van der Waals surface area contributed by atoms with E-state index in [1.165, 1.54) is 16.4 Å². The summed E-state index contributed by atoms with van der Waals surface area (Å²) in [6.45, 7) is 1.51. The molecule has 0 saturated carbocycles. The lowest BCUT2D eigenvalue weighted by Gasteiger charge is -2.34. The van der Waals surface area contributed by atoms with Gasteiger partial charge >= 0.3 is 6.03 Å². The highest BCUT2D eigenvalue weighted by molar-refractivity contribution is 7.99. The fourth-order valence-electron chi connectivity index (χ4n) is 2.86. The lowest BCUT2D eigenvalue weighted by atomic mass is 10.4. The van der Waals surface area contributed by atoms with Gasteiger partial charge in [0.15, 0.2) is 0 Å². The van der Waals surface area contributed by atoms with Gasteiger partial charge in [-0.25, -0.2) is 17.6 Å². The van der Waals surface area contributed by atoms with E-state index in [0.29, 0.717) is 30.4 Å². The maximum Gasteiger partial charge on any atom is 0.317 e. The number of urea groups is 1. The standard InChI is InChI=1S/C19H21ClFN3O3S2/c20-15-1-5-17(6-2-15)28-14-9-22-19(25)23-10-12-24(13-11-23)29(26,27)18-7-3-16(21)4-8-18/h1-8H,9-14H2,(H,22,25). The number of carbonyl (C=O) groups is 1. The molecule has 1 aliphatic heterocycles. The summed E-state index contributed by atoms with van der Waals surface area (Å²) >= 11 is 7.47. The highest BCUT2D eigenvalue weighted by atomic mass is 35.5. The van der Waals surface area contributed by atoms with Crippen LogP contribution in [0.3, 0.4) is 0 Å². The zero-order chi connectivity index (χ0) is 20.9. The number of rotatable bonds is 6. The molecule has 1 fully saturated rings. The maximum absolute atomic E-state index is 13.0. The number of amides is 2. The Hall–Kier alpha value is -1.81. The molecule has 0 unspecified atom stereocenters. The predicted octanol–water partition coefficient (Wildman–Crippen LogP) is 3.29. The van der Waals surface area contributed by atoms with Crippen LogP contribution in [-0.2, 0) is 10.0 Å². The third-order valence-corrected chi connectivity index (χ3v) is 7.62. The average Bonchev–Trinajstić information content (AvgIpc) is 2.73. The van der Waals surface area contributed by atoms with Crippen LogP contribution >= 0.6 is 23.4 Å². The zero-order valence-corrected chi connectivity index (χ0v) is 17.9. The summed E-state index contributed by atoms with van der Waals surface area (Å²) in [5.41, 5.74) is 0. The molecule has 10 heteroatoms. The van der Waals surface area contributed by atoms with Gasteiger partial charge in [0.2, 0.25) is 10.0 Å². The van der Waals surface area contributed by atoms with Gasteiger partial charge in [0, 0.05) is 48.4 Å². The van der Waals surface area contributed by atoms with Crippen LogP contribution in [0.1, 0.15) is 0 Å². The van der Waals surface area contributed by atoms with Gasteiger partial charge in [-0.05, 0) is 48.5 Å². The number of carbonyl (C=O) groups excluding carboxylic acids is 1. The molecule has 156 valence electrons. The first-order chi connectivity index (χ1) is 13.9. The number of nitrogens with one attached hydrogen (secondary N) is 1. The second kappa shape index (κ2) is 9.80. The molecule has 1 N–H and O–H groups in total. The summed E-state index contributed by atoms with van der Waals surface area (Å²) in [5.74, 6) is 0.228. The summed E-state index contributed by atoms with van der Waals surface area (Å²) in [5, 5.41) is 3.54. The molecule has 3 rings (SSSR count). The molecule has 0 radical (unpaired) electrons. The molecule has 2 aromatic rings. The van der Waals surface area contributed by atoms with Gasteiger partial charge < -0.3 is 10.2 Å². The predicted molar refractivity (Wildman–Crippen MR) is 112 cm³/mol. The first kappa shape index (κ1) is 21.9. The van der Waals surface area contributed by atoms with Gasteiger partial charge in [0.25, 0.3) is 0 Å². The number of benzene rings is 2. The van der Waals surface area contributed by atoms with Crippen molar-refractivity contribution in [1.82, 2.24) is 14.5 Å². The molecular weight excluding hydrogens is 437 g/mol. The Labute approximate surface area is 179 Å². The molecule has 0 atom stereocenters. The van der Waals surface area contributed by atoms with Crippen LogP contribution in [0.4, 0.5) is 9.18 Å². The van der Waals surface area contributed by atoms with E-state index in [9.17, 15) is 17.6 Å². The van der Waals surface area contributed by atoms with Gasteiger partial charge in [0.05, 0.1) is 4.90 Å². The fourth-order valence-corrected chi connectivity index (χ4v) is 5.17. The third-order valence-electron chi connectivity index (χ3n) is 4.44. The highest BCUT2D eigenvalue weighted by Crippen LogP contribution is 2.20. The number of halogens is 2. The van der Waals surface area contributed by atoms with Crippen molar-refractivity contribution in [1.29, 1.82) is 0 Å². The molecular formula is C19H21ClFN3O3S2. The molecule has 1 saturated heterocycles. The Morgan fingerprint density at radius 2 is 1.66 bits per heavy atom. The van der Waals surface area contributed by atoms with Crippen molar-refractivity contribution in [3.8, 4) is 0 Å². The van der Waals surface area contributed by atoms with Crippen LogP contribution in [0.25, 0.3) is 0 Å². The molecule has 29 heavy (non-hydrogen) atoms. The Morgan fingerprint density at radius 1 is 1.03 bits per heavy atom. The largest absolute Gasteiger partial charge is 0.337 e. The Balaban J connectivity index is 1.43. The van der Waals surface area contributed by atoms with E-state index in [2.05, 4.69) is 5.32 Å². The van der Waals surface area contributed by atoms with Crippen molar-refractivity contribution in [3.63, 3.8) is 0 Å². The van der Waals surface area contributed by atoms with E-state index in [-0.39, 0.29) is 24.0 Å². The normalized spacial score (nSPS) is 15.3. The Kier molecular flexibility index (Phi) is 7.39. The van der Waals surface area contributed by atoms with Crippen LogP contribution in [0, 0.1) is 5.82 Å². The summed E-state index contributed by atoms with van der Waals surface area (Å²) in [6, 6.07) is 12.0. The van der Waals surface area contributed by atoms with E-state index in [1.54, 1.807) is 16.7 Å². The molecule has 0 spiro atoms. The van der Waals surface area contributed by atoms with Crippen molar-refractivity contribution in [3.05, 3.63) is 59.4 Å². The van der Waals surface area contributed by atoms with Crippen LogP contribution in [0.5, 0.6) is 0 Å². The molecule has 6 nitrogen and oxygen atoms in total. The molecule has 2 amide bonds. The maximum atomic E-state index is 13.0. The number of piperazine rings is 1. The van der Waals surface area contributed by atoms with Gasteiger partial charge in [-0.15, -0.1) is 11.8 Å². The van der Waals surface area contributed by atoms with Crippen molar-refractivity contribution in [2.24, 2.45) is 0 Å². The smallest absolute Gasteiger partial charge is 0.317 e. The Morgan fingerprint density at radius 3 is 2.28 bits per heavy atom. The summed E-state index contributed by atoms with van der Waals surface area (Å²) in [7, 11) is -3.69. The van der Waals surface area contributed by atoms with Crippen LogP contribution < -0.4 is 5.32 Å². The molecule has 0 aliphatic carbocycles. The zero-order valence-electron chi connectivity index (χ0n) is 15.6. The highest BCUT2D eigenvalue weighted by Gasteiger charge is 2.30. The van der Waals surface area contributed by atoms with Crippen LogP contribution in [0.15, 0.2) is 58.3 Å². The molecule has 0 bridgehead atoms. The van der Waals surface area contributed by atoms with Crippen molar-refractivity contribution in [2.75, 3.05) is 38.5 Å². The second-order valence-corrected chi connectivity index (χ2v) is 9.92. The van der Waals surface area contributed by atoms with Gasteiger partial charge in [-0.3, -0.25) is 0 Å². The van der Waals surface area contributed by atoms with Crippen LogP contribution in [-0.4, -0.2) is 62.1 Å². The lowest BCUT2D eigenvalue weighted by molar-refractivity contribution is 0.173. The third kappa shape index (κ3) is 5.85. The fraction of sp³-hybridized carbons (Fsp3) is 0.316. The van der Waals surface area contributed by atoms with E-state index < -0.39 is 15.8 Å². The number of hydrogen-bond acceptors (Lipinski definition) is 4. The van der Waals surface area contributed by atoms with Gasteiger partial charge in [-0.2, -0.15) is 4.31 Å². The van der Waals surface area contributed by atoms with Crippen molar-refractivity contribution in [2.45, 2.75) is 9.79 Å². The minimum absolute atomic E-state index is 0.0519. The van der Waals surface area contributed by atoms with E-state index in [0.717, 1.165) is 17.0 Å². The quantitative estimate of drug-likeness (QED) is 0.534. The first-order valence-corrected chi connectivity index (χ1v) is 11.8. The monoisotopic (exact) mass is 457 g/mol. The number of hydrogen-bond donors (Lipinski definition) is 1. The van der Waals surface area contributed by atoms with Gasteiger partial charge in [0.1, 0.15) is 5.82 Å². The number of thioether (sulfide) groups is 1. The lowest BCUT2D eigenvalue weighted by Crippen LogP contribution is -2.53.